The van der Waals surface area contributed by atoms with Gasteiger partial charge in [0.2, 0.25) is 5.82 Å². The highest BCUT2D eigenvalue weighted by atomic mass is 32.1. The van der Waals surface area contributed by atoms with E-state index in [1.54, 1.807) is 14.2 Å². The second-order valence-electron chi connectivity index (χ2n) is 6.47. The van der Waals surface area contributed by atoms with Gasteiger partial charge in [-0.05, 0) is 36.8 Å². The summed E-state index contributed by atoms with van der Waals surface area (Å²) in [6.07, 6.45) is 0. The van der Waals surface area contributed by atoms with Crippen LogP contribution in [-0.2, 0) is 0 Å². The summed E-state index contributed by atoms with van der Waals surface area (Å²) in [5, 5.41) is 11.1. The van der Waals surface area contributed by atoms with Crippen molar-refractivity contribution in [2.75, 3.05) is 14.2 Å². The molecule has 0 saturated heterocycles. The van der Waals surface area contributed by atoms with E-state index >= 15 is 0 Å². The molecule has 2 aromatic carbocycles. The average Bonchev–Trinajstić information content (AvgIpc) is 3.23. The first kappa shape index (κ1) is 18.9. The van der Waals surface area contributed by atoms with Crippen molar-refractivity contribution in [2.45, 2.75) is 13.0 Å². The Bertz CT molecular complexity index is 1080. The van der Waals surface area contributed by atoms with E-state index in [1.165, 1.54) is 0 Å². The number of ether oxygens (including phenoxy) is 2. The summed E-state index contributed by atoms with van der Waals surface area (Å²) >= 11 is 5.38. The number of hydrogen-bond acceptors (Lipinski definition) is 6. The molecular formula is C21H20N4O3S. The Morgan fingerprint density at radius 3 is 2.52 bits per heavy atom. The molecule has 4 rings (SSSR count). The highest BCUT2D eigenvalue weighted by molar-refractivity contribution is 7.80. The molecule has 0 fully saturated rings. The zero-order valence-corrected chi connectivity index (χ0v) is 17.0. The van der Waals surface area contributed by atoms with E-state index in [1.807, 2.05) is 55.5 Å². The number of rotatable bonds is 5. The first-order valence-corrected chi connectivity index (χ1v) is 9.41. The van der Waals surface area contributed by atoms with E-state index < -0.39 is 0 Å². The van der Waals surface area contributed by atoms with E-state index in [0.29, 0.717) is 28.3 Å². The number of hydrogen-bond donors (Lipinski definition) is 2. The second kappa shape index (κ2) is 7.92. The van der Waals surface area contributed by atoms with Crippen LogP contribution in [0.1, 0.15) is 24.4 Å². The van der Waals surface area contributed by atoms with Crippen LogP contribution in [0.25, 0.3) is 17.0 Å². The fourth-order valence-electron chi connectivity index (χ4n) is 3.30. The molecule has 1 aliphatic rings. The molecule has 1 aliphatic heterocycles. The minimum atomic E-state index is -0.285. The lowest BCUT2D eigenvalue weighted by molar-refractivity contribution is 0.354. The molecule has 0 amide bonds. The van der Waals surface area contributed by atoms with Crippen molar-refractivity contribution in [3.63, 3.8) is 0 Å². The molecule has 0 aliphatic carbocycles. The van der Waals surface area contributed by atoms with Crippen molar-refractivity contribution in [1.82, 2.24) is 20.8 Å². The van der Waals surface area contributed by atoms with Gasteiger partial charge in [-0.1, -0.05) is 41.6 Å². The molecule has 1 atom stereocenters. The third kappa shape index (κ3) is 3.66. The molecule has 0 bridgehead atoms. The average molecular weight is 408 g/mol. The molecule has 148 valence electrons. The zero-order valence-electron chi connectivity index (χ0n) is 16.2. The van der Waals surface area contributed by atoms with Crippen LogP contribution in [0.5, 0.6) is 11.5 Å². The quantitative estimate of drug-likeness (QED) is 0.619. The highest BCUT2D eigenvalue weighted by Crippen LogP contribution is 2.38. The van der Waals surface area contributed by atoms with Gasteiger partial charge in [-0.15, -0.1) is 0 Å². The van der Waals surface area contributed by atoms with Crippen LogP contribution in [0, 0.1) is 0 Å². The zero-order chi connectivity index (χ0) is 20.4. The van der Waals surface area contributed by atoms with Gasteiger partial charge in [0.25, 0.3) is 5.89 Å². The predicted molar refractivity (Wildman–Crippen MR) is 113 cm³/mol. The SMILES string of the molecule is COc1ccc([C@H]2NC(=S)NC(C)=C2c2nc(-c3ccccc3)no2)cc1OC. The molecule has 2 heterocycles. The van der Waals surface area contributed by atoms with Gasteiger partial charge >= 0.3 is 0 Å². The Labute approximate surface area is 173 Å². The predicted octanol–water partition coefficient (Wildman–Crippen LogP) is 3.70. The van der Waals surface area contributed by atoms with Crippen LogP contribution in [0.3, 0.4) is 0 Å². The summed E-state index contributed by atoms with van der Waals surface area (Å²) < 4.78 is 16.4. The van der Waals surface area contributed by atoms with Crippen molar-refractivity contribution in [3.05, 3.63) is 65.7 Å². The van der Waals surface area contributed by atoms with Gasteiger partial charge in [-0.3, -0.25) is 0 Å². The Kier molecular flexibility index (Phi) is 5.18. The molecule has 0 unspecified atom stereocenters. The standard InChI is InChI=1S/C21H20N4O3S/c1-12-17(20-24-19(25-28-20)13-7-5-4-6-8-13)18(23-21(29)22-12)14-9-10-15(26-2)16(11-14)27-3/h4-11,18H,1-3H3,(H2,22,23,29)/t18-/m1/s1. The minimum absolute atomic E-state index is 0.285. The maximum atomic E-state index is 5.62. The molecule has 0 spiro atoms. The number of benzene rings is 2. The van der Waals surface area contributed by atoms with Gasteiger partial charge in [0.05, 0.1) is 25.8 Å². The lowest BCUT2D eigenvalue weighted by Crippen LogP contribution is -2.42. The molecule has 7 nitrogen and oxygen atoms in total. The second-order valence-corrected chi connectivity index (χ2v) is 6.88. The Morgan fingerprint density at radius 1 is 1.03 bits per heavy atom. The summed E-state index contributed by atoms with van der Waals surface area (Å²) in [6.45, 7) is 1.93. The van der Waals surface area contributed by atoms with E-state index in [0.717, 1.165) is 22.4 Å². The molecule has 0 saturated carbocycles. The Hall–Kier alpha value is -3.39. The largest absolute Gasteiger partial charge is 0.493 e. The Morgan fingerprint density at radius 2 is 1.79 bits per heavy atom. The molecule has 3 aromatic rings. The summed E-state index contributed by atoms with van der Waals surface area (Å²) in [7, 11) is 3.21. The molecule has 1 aromatic heterocycles. The van der Waals surface area contributed by atoms with Gasteiger partial charge in [-0.2, -0.15) is 4.98 Å². The maximum Gasteiger partial charge on any atom is 0.258 e. The summed E-state index contributed by atoms with van der Waals surface area (Å²) in [6, 6.07) is 15.1. The van der Waals surface area contributed by atoms with Gasteiger partial charge in [0.1, 0.15) is 0 Å². The summed E-state index contributed by atoms with van der Waals surface area (Å²) in [5.41, 5.74) is 3.48. The van der Waals surface area contributed by atoms with E-state index in [9.17, 15) is 0 Å². The van der Waals surface area contributed by atoms with Crippen LogP contribution in [0.2, 0.25) is 0 Å². The number of allylic oxidation sites excluding steroid dienone is 1. The Balaban J connectivity index is 1.77. The highest BCUT2D eigenvalue weighted by Gasteiger charge is 2.30. The van der Waals surface area contributed by atoms with Crippen LogP contribution in [0.15, 0.2) is 58.8 Å². The molecule has 29 heavy (non-hydrogen) atoms. The maximum absolute atomic E-state index is 5.62. The van der Waals surface area contributed by atoms with Gasteiger partial charge < -0.3 is 24.6 Å². The van der Waals surface area contributed by atoms with E-state index in [2.05, 4.69) is 20.8 Å². The summed E-state index contributed by atoms with van der Waals surface area (Å²) in [4.78, 5) is 4.62. The number of methoxy groups -OCH3 is 2. The molecule has 2 N–H and O–H groups in total. The molecule has 8 heteroatoms. The minimum Gasteiger partial charge on any atom is -0.493 e. The van der Waals surface area contributed by atoms with Gasteiger partial charge in [0.15, 0.2) is 16.6 Å². The van der Waals surface area contributed by atoms with Crippen LogP contribution in [0.4, 0.5) is 0 Å². The monoisotopic (exact) mass is 408 g/mol. The third-order valence-electron chi connectivity index (χ3n) is 4.70. The van der Waals surface area contributed by atoms with E-state index in [-0.39, 0.29) is 6.04 Å². The van der Waals surface area contributed by atoms with Gasteiger partial charge in [0, 0.05) is 11.3 Å². The number of nitrogens with one attached hydrogen (secondary N) is 2. The normalized spacial score (nSPS) is 16.2. The van der Waals surface area contributed by atoms with Crippen LogP contribution >= 0.6 is 12.2 Å². The van der Waals surface area contributed by atoms with Crippen LogP contribution < -0.4 is 20.1 Å². The van der Waals surface area contributed by atoms with Crippen molar-refractivity contribution in [2.24, 2.45) is 0 Å². The van der Waals surface area contributed by atoms with Crippen molar-refractivity contribution in [1.29, 1.82) is 0 Å². The van der Waals surface area contributed by atoms with E-state index in [4.69, 9.17) is 26.2 Å². The topological polar surface area (TPSA) is 81.4 Å². The lowest BCUT2D eigenvalue weighted by Gasteiger charge is -2.29. The smallest absolute Gasteiger partial charge is 0.258 e. The fourth-order valence-corrected chi connectivity index (χ4v) is 3.57. The first-order chi connectivity index (χ1) is 14.1. The lowest BCUT2D eigenvalue weighted by atomic mass is 9.95. The fraction of sp³-hybridized carbons (Fsp3) is 0.190. The first-order valence-electron chi connectivity index (χ1n) is 9.00. The number of thiocarbonyl (C=S) groups is 1. The number of aromatic nitrogens is 2. The van der Waals surface area contributed by atoms with Crippen molar-refractivity contribution < 1.29 is 14.0 Å². The molecule has 0 radical (unpaired) electrons. The van der Waals surface area contributed by atoms with Gasteiger partial charge in [-0.25, -0.2) is 0 Å². The summed E-state index contributed by atoms with van der Waals surface area (Å²) in [5.74, 6) is 2.23. The molecular weight excluding hydrogens is 388 g/mol. The van der Waals surface area contributed by atoms with Crippen molar-refractivity contribution >= 4 is 22.9 Å². The third-order valence-corrected chi connectivity index (χ3v) is 4.92. The number of nitrogens with zero attached hydrogens (tertiary/aromatic N) is 2. The van der Waals surface area contributed by atoms with Crippen LogP contribution in [-0.4, -0.2) is 29.5 Å². The van der Waals surface area contributed by atoms with Crippen molar-refractivity contribution in [3.8, 4) is 22.9 Å².